The largest absolute Gasteiger partial charge is 0.335 e. The van der Waals surface area contributed by atoms with E-state index in [1.165, 1.54) is 0 Å². The number of piperidine rings is 1. The van der Waals surface area contributed by atoms with Crippen molar-refractivity contribution in [2.45, 2.75) is 38.4 Å². The topological polar surface area (TPSA) is 96.3 Å². The Hall–Kier alpha value is -1.61. The summed E-state index contributed by atoms with van der Waals surface area (Å²) in [6.07, 6.45) is 7.70. The molecule has 2 N–H and O–H groups in total. The van der Waals surface area contributed by atoms with Crippen LogP contribution in [0.25, 0.3) is 0 Å². The molecule has 2 heterocycles. The van der Waals surface area contributed by atoms with Crippen LogP contribution >= 0.6 is 0 Å². The van der Waals surface area contributed by atoms with Gasteiger partial charge < -0.3 is 14.8 Å². The highest BCUT2D eigenvalue weighted by Crippen LogP contribution is 2.11. The highest BCUT2D eigenvalue weighted by molar-refractivity contribution is 7.88. The SMILES string of the molecule is CC(Cn1ccnc1)NC(=O)N1CCC(NS(C)(=O)=O)CC1. The number of likely N-dealkylation sites (tertiary alicyclic amines) is 1. The number of aromatic nitrogens is 2. The summed E-state index contributed by atoms with van der Waals surface area (Å²) in [5, 5.41) is 2.95. The van der Waals surface area contributed by atoms with Crippen LogP contribution < -0.4 is 10.0 Å². The van der Waals surface area contributed by atoms with Crippen molar-refractivity contribution in [3.63, 3.8) is 0 Å². The van der Waals surface area contributed by atoms with Crippen LogP contribution in [0, 0.1) is 0 Å². The number of nitrogens with one attached hydrogen (secondary N) is 2. The number of amides is 2. The summed E-state index contributed by atoms with van der Waals surface area (Å²) in [4.78, 5) is 17.9. The van der Waals surface area contributed by atoms with E-state index in [2.05, 4.69) is 15.0 Å². The third-order valence-corrected chi connectivity index (χ3v) is 4.34. The lowest BCUT2D eigenvalue weighted by Crippen LogP contribution is -2.51. The average molecular weight is 329 g/mol. The van der Waals surface area contributed by atoms with Gasteiger partial charge in [0.25, 0.3) is 0 Å². The zero-order chi connectivity index (χ0) is 16.2. The molecule has 1 atom stereocenters. The number of hydrogen-bond donors (Lipinski definition) is 2. The number of carbonyl (C=O) groups excluding carboxylic acids is 1. The minimum absolute atomic E-state index is 0.00596. The molecule has 2 rings (SSSR count). The second kappa shape index (κ2) is 7.10. The number of nitrogens with zero attached hydrogens (tertiary/aromatic N) is 3. The molecule has 1 aromatic heterocycles. The molecule has 124 valence electrons. The van der Waals surface area contributed by atoms with E-state index in [0.29, 0.717) is 32.5 Å². The summed E-state index contributed by atoms with van der Waals surface area (Å²) in [6.45, 7) is 3.71. The predicted octanol–water partition coefficient (Wildman–Crippen LogP) is -0.00520. The number of imidazole rings is 1. The highest BCUT2D eigenvalue weighted by atomic mass is 32.2. The van der Waals surface area contributed by atoms with Crippen molar-refractivity contribution < 1.29 is 13.2 Å². The maximum Gasteiger partial charge on any atom is 0.317 e. The van der Waals surface area contributed by atoms with E-state index in [0.717, 1.165) is 6.26 Å². The molecule has 1 aliphatic rings. The molecule has 0 radical (unpaired) electrons. The van der Waals surface area contributed by atoms with Gasteiger partial charge in [-0.25, -0.2) is 22.9 Å². The van der Waals surface area contributed by atoms with E-state index in [-0.39, 0.29) is 18.1 Å². The van der Waals surface area contributed by atoms with Crippen LogP contribution in [0.4, 0.5) is 4.79 Å². The first-order valence-electron chi connectivity index (χ1n) is 7.32. The lowest BCUT2D eigenvalue weighted by atomic mass is 10.1. The number of carbonyl (C=O) groups is 1. The Morgan fingerprint density at radius 2 is 2.09 bits per heavy atom. The normalized spacial score (nSPS) is 18.2. The third kappa shape index (κ3) is 5.30. The first-order valence-corrected chi connectivity index (χ1v) is 9.21. The monoisotopic (exact) mass is 329 g/mol. The summed E-state index contributed by atoms with van der Waals surface area (Å²) < 4.78 is 26.9. The predicted molar refractivity (Wildman–Crippen MR) is 82.8 cm³/mol. The van der Waals surface area contributed by atoms with Gasteiger partial charge >= 0.3 is 6.03 Å². The lowest BCUT2D eigenvalue weighted by molar-refractivity contribution is 0.176. The van der Waals surface area contributed by atoms with E-state index >= 15 is 0 Å². The lowest BCUT2D eigenvalue weighted by Gasteiger charge is -2.32. The molecular formula is C13H23N5O3S. The van der Waals surface area contributed by atoms with Crippen molar-refractivity contribution in [2.24, 2.45) is 0 Å². The molecular weight excluding hydrogens is 306 g/mol. The quantitative estimate of drug-likeness (QED) is 0.794. The van der Waals surface area contributed by atoms with Gasteiger partial charge in [0, 0.05) is 44.1 Å². The van der Waals surface area contributed by atoms with Crippen molar-refractivity contribution in [3.05, 3.63) is 18.7 Å². The van der Waals surface area contributed by atoms with Crippen LogP contribution in [0.2, 0.25) is 0 Å². The number of hydrogen-bond acceptors (Lipinski definition) is 4. The van der Waals surface area contributed by atoms with Crippen LogP contribution in [0.3, 0.4) is 0 Å². The Morgan fingerprint density at radius 1 is 1.41 bits per heavy atom. The van der Waals surface area contributed by atoms with Gasteiger partial charge in [-0.1, -0.05) is 0 Å². The Morgan fingerprint density at radius 3 is 2.64 bits per heavy atom. The van der Waals surface area contributed by atoms with Crippen LogP contribution in [0.15, 0.2) is 18.7 Å². The van der Waals surface area contributed by atoms with Gasteiger partial charge in [0.1, 0.15) is 0 Å². The second-order valence-electron chi connectivity index (χ2n) is 5.76. The first-order chi connectivity index (χ1) is 10.3. The van der Waals surface area contributed by atoms with Crippen molar-refractivity contribution in [1.29, 1.82) is 0 Å². The summed E-state index contributed by atoms with van der Waals surface area (Å²) in [7, 11) is -3.19. The molecule has 0 aromatic carbocycles. The molecule has 22 heavy (non-hydrogen) atoms. The number of sulfonamides is 1. The van der Waals surface area contributed by atoms with Gasteiger partial charge in [0.15, 0.2) is 0 Å². The fourth-order valence-electron chi connectivity index (χ4n) is 2.56. The molecule has 2 amide bonds. The molecule has 8 nitrogen and oxygen atoms in total. The van der Waals surface area contributed by atoms with E-state index < -0.39 is 10.0 Å². The summed E-state index contributed by atoms with van der Waals surface area (Å²) in [6, 6.07) is -0.193. The van der Waals surface area contributed by atoms with Crippen LogP contribution in [0.5, 0.6) is 0 Å². The van der Waals surface area contributed by atoms with E-state index in [1.54, 1.807) is 17.4 Å². The smallest absolute Gasteiger partial charge is 0.317 e. The second-order valence-corrected chi connectivity index (χ2v) is 7.54. The van der Waals surface area contributed by atoms with Crippen molar-refractivity contribution in [2.75, 3.05) is 19.3 Å². The zero-order valence-electron chi connectivity index (χ0n) is 12.9. The fourth-order valence-corrected chi connectivity index (χ4v) is 3.40. The maximum absolute atomic E-state index is 12.2. The fraction of sp³-hybridized carbons (Fsp3) is 0.692. The van der Waals surface area contributed by atoms with Gasteiger partial charge in [0.2, 0.25) is 10.0 Å². The van der Waals surface area contributed by atoms with Gasteiger partial charge in [-0.05, 0) is 19.8 Å². The van der Waals surface area contributed by atoms with Crippen molar-refractivity contribution in [1.82, 2.24) is 24.5 Å². The van der Waals surface area contributed by atoms with Gasteiger partial charge in [-0.15, -0.1) is 0 Å². The first kappa shape index (κ1) is 16.8. The molecule has 1 saturated heterocycles. The van der Waals surface area contributed by atoms with Gasteiger partial charge in [-0.2, -0.15) is 0 Å². The minimum atomic E-state index is -3.19. The van der Waals surface area contributed by atoms with Crippen LogP contribution in [0.1, 0.15) is 19.8 Å². The molecule has 1 unspecified atom stereocenters. The summed E-state index contributed by atoms with van der Waals surface area (Å²) >= 11 is 0. The van der Waals surface area contributed by atoms with E-state index in [9.17, 15) is 13.2 Å². The van der Waals surface area contributed by atoms with Gasteiger partial charge in [0.05, 0.1) is 12.6 Å². The molecule has 0 spiro atoms. The molecule has 1 aliphatic heterocycles. The maximum atomic E-state index is 12.2. The highest BCUT2D eigenvalue weighted by Gasteiger charge is 2.25. The Balaban J connectivity index is 1.75. The average Bonchev–Trinajstić information content (AvgIpc) is 2.90. The van der Waals surface area contributed by atoms with E-state index in [4.69, 9.17) is 0 Å². The van der Waals surface area contributed by atoms with Crippen LogP contribution in [-0.2, 0) is 16.6 Å². The molecule has 1 fully saturated rings. The summed E-state index contributed by atoms with van der Waals surface area (Å²) in [5.74, 6) is 0. The van der Waals surface area contributed by atoms with E-state index in [1.807, 2.05) is 17.7 Å². The molecule has 1 aromatic rings. The Bertz CT molecular complexity index is 579. The number of urea groups is 1. The summed E-state index contributed by atoms with van der Waals surface area (Å²) in [5.41, 5.74) is 0. The third-order valence-electron chi connectivity index (χ3n) is 3.58. The zero-order valence-corrected chi connectivity index (χ0v) is 13.7. The number of rotatable bonds is 5. The van der Waals surface area contributed by atoms with Crippen LogP contribution in [-0.4, -0.2) is 60.3 Å². The molecule has 0 bridgehead atoms. The van der Waals surface area contributed by atoms with Gasteiger partial charge in [-0.3, -0.25) is 0 Å². The standard InChI is InChI=1S/C13H23N5O3S/c1-11(9-17-8-5-14-10-17)15-13(19)18-6-3-12(4-7-18)16-22(2,20)21/h5,8,10-12,16H,3-4,6-7,9H2,1-2H3,(H,15,19). The Labute approximate surface area is 130 Å². The minimum Gasteiger partial charge on any atom is -0.335 e. The van der Waals surface area contributed by atoms with Crippen molar-refractivity contribution >= 4 is 16.1 Å². The molecule has 0 saturated carbocycles. The molecule has 9 heteroatoms. The van der Waals surface area contributed by atoms with Crippen molar-refractivity contribution in [3.8, 4) is 0 Å². The Kier molecular flexibility index (Phi) is 5.41. The molecule has 0 aliphatic carbocycles.